The summed E-state index contributed by atoms with van der Waals surface area (Å²) in [6.07, 6.45) is 3.15. The first-order chi connectivity index (χ1) is 9.24. The molecule has 4 heteroatoms. The number of urea groups is 1. The van der Waals surface area contributed by atoms with E-state index >= 15 is 0 Å². The number of nitrogens with one attached hydrogen (secondary N) is 1. The Balaban J connectivity index is 2.05. The third kappa shape index (κ3) is 6.82. The molecule has 0 aromatic heterocycles. The van der Waals surface area contributed by atoms with Gasteiger partial charge in [-0.3, -0.25) is 0 Å². The zero-order valence-electron chi connectivity index (χ0n) is 11.9. The van der Waals surface area contributed by atoms with Crippen molar-refractivity contribution < 1.29 is 9.53 Å². The predicted molar refractivity (Wildman–Crippen MR) is 77.3 cm³/mol. The van der Waals surface area contributed by atoms with Crippen LogP contribution in [0, 0.1) is 0 Å². The molecular formula is C15H24N2O2. The van der Waals surface area contributed by atoms with E-state index in [4.69, 9.17) is 4.74 Å². The van der Waals surface area contributed by atoms with Crippen molar-refractivity contribution >= 4 is 6.03 Å². The number of unbranched alkanes of at least 4 members (excludes halogenated alkanes) is 1. The van der Waals surface area contributed by atoms with Crippen molar-refractivity contribution in [1.82, 2.24) is 10.2 Å². The monoisotopic (exact) mass is 264 g/mol. The number of methoxy groups -OCH3 is 1. The summed E-state index contributed by atoms with van der Waals surface area (Å²) in [5.74, 6) is 0. The molecule has 19 heavy (non-hydrogen) atoms. The lowest BCUT2D eigenvalue weighted by Crippen LogP contribution is -2.39. The first-order valence-corrected chi connectivity index (χ1v) is 6.76. The van der Waals surface area contributed by atoms with Crippen molar-refractivity contribution in [2.45, 2.75) is 19.3 Å². The Morgan fingerprint density at radius 2 is 2.00 bits per heavy atom. The molecule has 4 nitrogen and oxygen atoms in total. The molecule has 0 bridgehead atoms. The Kier molecular flexibility index (Phi) is 7.66. The van der Waals surface area contributed by atoms with Crippen LogP contribution in [0.1, 0.15) is 18.4 Å². The Hall–Kier alpha value is -1.55. The van der Waals surface area contributed by atoms with Crippen LogP contribution in [-0.2, 0) is 11.2 Å². The standard InChI is InChI=1S/C15H24N2O2/c1-17(12-13-19-2)15(18)16-11-7-6-10-14-8-4-3-5-9-14/h3-5,8-9H,6-7,10-13H2,1-2H3,(H,16,18). The summed E-state index contributed by atoms with van der Waals surface area (Å²) >= 11 is 0. The van der Waals surface area contributed by atoms with Gasteiger partial charge in [0.2, 0.25) is 0 Å². The van der Waals surface area contributed by atoms with E-state index in [-0.39, 0.29) is 6.03 Å². The van der Waals surface area contributed by atoms with Crippen LogP contribution in [0.4, 0.5) is 4.79 Å². The number of hydrogen-bond donors (Lipinski definition) is 1. The summed E-state index contributed by atoms with van der Waals surface area (Å²) in [5.41, 5.74) is 1.35. The number of carbonyl (C=O) groups is 1. The Morgan fingerprint density at radius 1 is 1.26 bits per heavy atom. The summed E-state index contributed by atoms with van der Waals surface area (Å²) < 4.78 is 4.93. The van der Waals surface area contributed by atoms with Crippen LogP contribution in [0.25, 0.3) is 0 Å². The highest BCUT2D eigenvalue weighted by Crippen LogP contribution is 2.03. The number of nitrogens with zero attached hydrogens (tertiary/aromatic N) is 1. The van der Waals surface area contributed by atoms with Crippen molar-refractivity contribution in [3.63, 3.8) is 0 Å². The third-order valence-electron chi connectivity index (χ3n) is 2.99. The number of ether oxygens (including phenoxy) is 1. The molecule has 0 saturated heterocycles. The maximum atomic E-state index is 11.6. The molecule has 0 aliphatic heterocycles. The summed E-state index contributed by atoms with van der Waals surface area (Å²) in [4.78, 5) is 13.3. The highest BCUT2D eigenvalue weighted by atomic mass is 16.5. The average molecular weight is 264 g/mol. The molecule has 0 fully saturated rings. The molecule has 0 heterocycles. The van der Waals surface area contributed by atoms with Gasteiger partial charge in [-0.05, 0) is 24.8 Å². The van der Waals surface area contributed by atoms with Gasteiger partial charge >= 0.3 is 6.03 Å². The average Bonchev–Trinajstić information content (AvgIpc) is 2.45. The Labute approximate surface area is 115 Å². The second-order valence-corrected chi connectivity index (χ2v) is 4.59. The zero-order chi connectivity index (χ0) is 13.9. The summed E-state index contributed by atoms with van der Waals surface area (Å²) in [6, 6.07) is 10.4. The fraction of sp³-hybridized carbons (Fsp3) is 0.533. The van der Waals surface area contributed by atoms with Gasteiger partial charge in [-0.1, -0.05) is 30.3 Å². The minimum absolute atomic E-state index is 0.0308. The number of hydrogen-bond acceptors (Lipinski definition) is 2. The first kappa shape index (κ1) is 15.5. The second-order valence-electron chi connectivity index (χ2n) is 4.59. The Bertz CT molecular complexity index is 354. The fourth-order valence-corrected chi connectivity index (χ4v) is 1.76. The van der Waals surface area contributed by atoms with Crippen molar-refractivity contribution in [2.75, 3.05) is 33.9 Å². The number of amides is 2. The highest BCUT2D eigenvalue weighted by Gasteiger charge is 2.06. The maximum absolute atomic E-state index is 11.6. The number of aryl methyl sites for hydroxylation is 1. The van der Waals surface area contributed by atoms with E-state index < -0.39 is 0 Å². The van der Waals surface area contributed by atoms with Crippen LogP contribution in [0.15, 0.2) is 30.3 Å². The van der Waals surface area contributed by atoms with E-state index in [9.17, 15) is 4.79 Å². The van der Waals surface area contributed by atoms with Crippen LogP contribution in [0.3, 0.4) is 0 Å². The minimum Gasteiger partial charge on any atom is -0.383 e. The van der Waals surface area contributed by atoms with Gasteiger partial charge in [-0.15, -0.1) is 0 Å². The maximum Gasteiger partial charge on any atom is 0.317 e. The molecule has 0 atom stereocenters. The lowest BCUT2D eigenvalue weighted by Gasteiger charge is -2.17. The Morgan fingerprint density at radius 3 is 2.68 bits per heavy atom. The SMILES string of the molecule is COCCN(C)C(=O)NCCCCc1ccccc1. The van der Waals surface area contributed by atoms with Gasteiger partial charge in [0.1, 0.15) is 0 Å². The topological polar surface area (TPSA) is 41.6 Å². The smallest absolute Gasteiger partial charge is 0.317 e. The van der Waals surface area contributed by atoms with Gasteiger partial charge in [0, 0.05) is 27.2 Å². The molecule has 2 amide bonds. The molecule has 1 aromatic rings. The zero-order valence-corrected chi connectivity index (χ0v) is 11.9. The predicted octanol–water partition coefficient (Wildman–Crippen LogP) is 2.30. The summed E-state index contributed by atoms with van der Waals surface area (Å²) in [7, 11) is 3.41. The van der Waals surface area contributed by atoms with Gasteiger partial charge in [0.15, 0.2) is 0 Å². The molecule has 0 aliphatic rings. The molecule has 1 aromatic carbocycles. The number of carbonyl (C=O) groups excluding carboxylic acids is 1. The molecule has 106 valence electrons. The molecular weight excluding hydrogens is 240 g/mol. The molecule has 0 spiro atoms. The van der Waals surface area contributed by atoms with E-state index in [1.807, 2.05) is 6.07 Å². The minimum atomic E-state index is -0.0308. The van der Waals surface area contributed by atoms with Gasteiger partial charge < -0.3 is 15.0 Å². The van der Waals surface area contributed by atoms with Crippen LogP contribution >= 0.6 is 0 Å². The van der Waals surface area contributed by atoms with E-state index in [1.54, 1.807) is 19.1 Å². The molecule has 0 saturated carbocycles. The number of benzene rings is 1. The van der Waals surface area contributed by atoms with Crippen molar-refractivity contribution in [2.24, 2.45) is 0 Å². The highest BCUT2D eigenvalue weighted by molar-refractivity contribution is 5.73. The van der Waals surface area contributed by atoms with Crippen molar-refractivity contribution in [3.05, 3.63) is 35.9 Å². The molecule has 0 radical (unpaired) electrons. The molecule has 1 N–H and O–H groups in total. The van der Waals surface area contributed by atoms with Crippen LogP contribution in [0.2, 0.25) is 0 Å². The quantitative estimate of drug-likeness (QED) is 0.732. The van der Waals surface area contributed by atoms with Crippen molar-refractivity contribution in [3.8, 4) is 0 Å². The molecule has 0 unspecified atom stereocenters. The molecule has 0 aliphatic carbocycles. The van der Waals surface area contributed by atoms with E-state index in [2.05, 4.69) is 29.6 Å². The van der Waals surface area contributed by atoms with Gasteiger partial charge in [-0.25, -0.2) is 4.79 Å². The van der Waals surface area contributed by atoms with Crippen LogP contribution in [0.5, 0.6) is 0 Å². The van der Waals surface area contributed by atoms with E-state index in [0.29, 0.717) is 13.2 Å². The largest absolute Gasteiger partial charge is 0.383 e. The number of likely N-dealkylation sites (N-methyl/N-ethyl adjacent to an activating group) is 1. The molecule has 1 rings (SSSR count). The van der Waals surface area contributed by atoms with Gasteiger partial charge in [0.25, 0.3) is 0 Å². The lowest BCUT2D eigenvalue weighted by molar-refractivity contribution is 0.159. The van der Waals surface area contributed by atoms with Gasteiger partial charge in [0.05, 0.1) is 6.61 Å². The first-order valence-electron chi connectivity index (χ1n) is 6.76. The van der Waals surface area contributed by atoms with E-state index in [0.717, 1.165) is 25.8 Å². The third-order valence-corrected chi connectivity index (χ3v) is 2.99. The summed E-state index contributed by atoms with van der Waals surface area (Å²) in [5, 5.41) is 2.91. The normalized spacial score (nSPS) is 10.2. The second kappa shape index (κ2) is 9.39. The van der Waals surface area contributed by atoms with E-state index in [1.165, 1.54) is 5.56 Å². The lowest BCUT2D eigenvalue weighted by atomic mass is 10.1. The van der Waals surface area contributed by atoms with Crippen LogP contribution < -0.4 is 5.32 Å². The van der Waals surface area contributed by atoms with Crippen molar-refractivity contribution in [1.29, 1.82) is 0 Å². The summed E-state index contributed by atoms with van der Waals surface area (Å²) in [6.45, 7) is 1.91. The van der Waals surface area contributed by atoms with Gasteiger partial charge in [-0.2, -0.15) is 0 Å². The fourth-order valence-electron chi connectivity index (χ4n) is 1.76. The number of rotatable bonds is 8. The van der Waals surface area contributed by atoms with Crippen LogP contribution in [-0.4, -0.2) is 44.8 Å².